The highest BCUT2D eigenvalue weighted by molar-refractivity contribution is 5.96. The molecular weight excluding hydrogens is 908 g/mol. The molecule has 16 nitrogen and oxygen atoms in total. The van der Waals surface area contributed by atoms with Crippen molar-refractivity contribution in [3.05, 3.63) is 89.8 Å². The molecule has 2 aromatic carbocycles. The van der Waals surface area contributed by atoms with Crippen LogP contribution in [0.5, 0.6) is 0 Å². The smallest absolute Gasteiger partial charge is 0.324 e. The second-order valence-corrected chi connectivity index (χ2v) is 20.5. The largest absolute Gasteiger partial charge is 0.464 e. The fourth-order valence-electron chi connectivity index (χ4n) is 11.0. The average molecular weight is 977 g/mol. The Morgan fingerprint density at radius 1 is 1.08 bits per heavy atom. The lowest BCUT2D eigenvalue weighted by Gasteiger charge is -2.37. The van der Waals surface area contributed by atoms with Crippen molar-refractivity contribution in [2.24, 2.45) is 11.3 Å². The molecule has 3 saturated heterocycles. The number of esters is 1. The summed E-state index contributed by atoms with van der Waals surface area (Å²) in [5, 5.41) is 5.38. The third kappa shape index (κ3) is 10.4. The Balaban J connectivity index is 1.18. The summed E-state index contributed by atoms with van der Waals surface area (Å²) in [6.45, 7) is 16.9. The Bertz CT molecular complexity index is 2690. The minimum Gasteiger partial charge on any atom is -0.464 e. The van der Waals surface area contributed by atoms with Gasteiger partial charge in [0.1, 0.15) is 24.8 Å². The van der Waals surface area contributed by atoms with Crippen LogP contribution < -0.4 is 10.7 Å². The highest BCUT2D eigenvalue weighted by Gasteiger charge is 2.46. The van der Waals surface area contributed by atoms with Crippen LogP contribution >= 0.6 is 0 Å². The topological polar surface area (TPSA) is 168 Å². The number of carbonyl (C=O) groups excluding carboxylic acids is 5. The van der Waals surface area contributed by atoms with Crippen LogP contribution in [0.25, 0.3) is 33.3 Å². The van der Waals surface area contributed by atoms with E-state index in [2.05, 4.69) is 60.9 Å². The van der Waals surface area contributed by atoms with Gasteiger partial charge < -0.3 is 38.8 Å². The second-order valence-electron chi connectivity index (χ2n) is 20.5. The van der Waals surface area contributed by atoms with Crippen molar-refractivity contribution >= 4 is 40.6 Å². The number of rotatable bonds is 10. The Hall–Kier alpha value is -6.17. The summed E-state index contributed by atoms with van der Waals surface area (Å²) in [6, 6.07) is 11.8. The molecule has 0 aliphatic carbocycles. The molecule has 2 aromatic heterocycles. The van der Waals surface area contributed by atoms with E-state index in [1.807, 2.05) is 45.0 Å². The standard InChI is InChI=1S/C54H69FN8O8/c1-10-46(64)62-20-21-70-45-30-60(29-44(45)62)53(68)59(8)48(32(3)4)50(65)57-42-25-34-22-35(28-55)24-37(23-34)36-16-17-43-39(26-36)40(49(61(43)11-2)38-14-12-18-56-47(38)33(5)69-9)27-54(6,7)31-71-52(67)41-15-13-19-63(58-41)51(42)66/h10,12,14,16-18,22-24,26,32-33,41-42,44-45,48,58H,1,11,13,15,19-21,25,27-31H2,2-9H3,(H,57,65)/t33-,41-,42-,44+,45-,48-/m0/s1. The number of carbonyl (C=O) groups is 5. The van der Waals surface area contributed by atoms with Crippen molar-refractivity contribution < 1.29 is 42.6 Å². The lowest BCUT2D eigenvalue weighted by atomic mass is 9.84. The van der Waals surface area contributed by atoms with E-state index in [1.165, 1.54) is 16.0 Å². The third-order valence-electron chi connectivity index (χ3n) is 14.6. The van der Waals surface area contributed by atoms with E-state index >= 15 is 4.39 Å². The van der Waals surface area contributed by atoms with Crippen LogP contribution in [0.4, 0.5) is 9.18 Å². The van der Waals surface area contributed by atoms with Gasteiger partial charge >= 0.3 is 12.0 Å². The first kappa shape index (κ1) is 51.2. The number of nitrogens with one attached hydrogen (secondary N) is 2. The van der Waals surface area contributed by atoms with E-state index in [1.54, 1.807) is 36.2 Å². The van der Waals surface area contributed by atoms with Crippen molar-refractivity contribution in [3.63, 3.8) is 0 Å². The Labute approximate surface area is 415 Å². The van der Waals surface area contributed by atoms with Crippen LogP contribution in [-0.2, 0) is 59.4 Å². The number of cyclic esters (lactones) is 1. The SMILES string of the molecule is C=CC(=O)N1CCO[C@H]2CN(C(=O)N(C)[C@H](C(=O)N[C@H]3Cc4cc(CF)cc(c4)-c4ccc5c(c4)c(c(-c4cccnc4[C@H](C)OC)n5CC)CC(C)(C)COC(=O)[C@@H]4CCCN(N4)C3=O)C(C)C)C[C@H]21. The molecule has 4 aliphatic heterocycles. The zero-order valence-corrected chi connectivity index (χ0v) is 42.3. The molecule has 8 rings (SSSR count). The van der Waals surface area contributed by atoms with Gasteiger partial charge in [-0.2, -0.15) is 0 Å². The van der Waals surface area contributed by atoms with Crippen LogP contribution in [0.3, 0.4) is 0 Å². The fraction of sp³-hybridized carbons (Fsp3) is 0.519. The number of urea groups is 1. The number of morpholine rings is 1. The van der Waals surface area contributed by atoms with Gasteiger partial charge in [0.15, 0.2) is 0 Å². The van der Waals surface area contributed by atoms with Gasteiger partial charge in [-0.1, -0.05) is 52.5 Å². The van der Waals surface area contributed by atoms with Crippen LogP contribution in [0.1, 0.15) is 82.9 Å². The molecule has 380 valence electrons. The van der Waals surface area contributed by atoms with E-state index in [9.17, 15) is 24.0 Å². The average Bonchev–Trinajstić information content (AvgIpc) is 3.95. The van der Waals surface area contributed by atoms with Crippen LogP contribution in [0.15, 0.2) is 67.4 Å². The predicted molar refractivity (Wildman–Crippen MR) is 267 cm³/mol. The van der Waals surface area contributed by atoms with Crippen LogP contribution in [0, 0.1) is 11.3 Å². The molecule has 5 amide bonds. The third-order valence-corrected chi connectivity index (χ3v) is 14.6. The van der Waals surface area contributed by atoms with E-state index in [0.29, 0.717) is 50.1 Å². The number of hydrazine groups is 1. The quantitative estimate of drug-likeness (QED) is 0.134. The first-order chi connectivity index (χ1) is 34.0. The van der Waals surface area contributed by atoms with E-state index in [0.717, 1.165) is 44.5 Å². The molecule has 0 saturated carbocycles. The summed E-state index contributed by atoms with van der Waals surface area (Å²) in [6.07, 6.45) is 3.75. The summed E-state index contributed by atoms with van der Waals surface area (Å²) >= 11 is 0. The van der Waals surface area contributed by atoms with Crippen molar-refractivity contribution in [1.82, 2.24) is 40.0 Å². The highest BCUT2D eigenvalue weighted by atomic mass is 19.1. The lowest BCUT2D eigenvalue weighted by molar-refractivity contribution is -0.155. The maximum Gasteiger partial charge on any atom is 0.324 e. The number of hydrogen-bond acceptors (Lipinski definition) is 10. The Kier molecular flexibility index (Phi) is 15.3. The first-order valence-electron chi connectivity index (χ1n) is 24.9. The molecule has 4 aliphatic rings. The maximum absolute atomic E-state index is 15.0. The van der Waals surface area contributed by atoms with Crippen molar-refractivity contribution in [1.29, 1.82) is 0 Å². The number of alkyl halides is 1. The molecule has 71 heavy (non-hydrogen) atoms. The van der Waals surface area contributed by atoms with Crippen LogP contribution in [-0.4, -0.2) is 143 Å². The van der Waals surface area contributed by atoms with Gasteiger partial charge in [0.25, 0.3) is 5.91 Å². The summed E-state index contributed by atoms with van der Waals surface area (Å²) in [5.41, 5.74) is 9.90. The molecule has 6 heterocycles. The monoisotopic (exact) mass is 977 g/mol. The second kappa shape index (κ2) is 21.3. The van der Waals surface area contributed by atoms with E-state index < -0.39 is 59.9 Å². The maximum atomic E-state index is 15.0. The number of halogens is 1. The minimum atomic E-state index is -1.20. The predicted octanol–water partition coefficient (Wildman–Crippen LogP) is 6.39. The number of amides is 5. The number of nitrogens with zero attached hydrogens (tertiary/aromatic N) is 6. The molecule has 17 heteroatoms. The number of likely N-dealkylation sites (tertiary alicyclic amines) is 1. The Morgan fingerprint density at radius 2 is 1.87 bits per heavy atom. The van der Waals surface area contributed by atoms with Gasteiger partial charge in [0.2, 0.25) is 11.8 Å². The van der Waals surface area contributed by atoms with Gasteiger partial charge in [-0.15, -0.1) is 0 Å². The normalized spacial score (nSPS) is 22.4. The summed E-state index contributed by atoms with van der Waals surface area (Å²) in [5.74, 6) is -2.18. The molecule has 6 bridgehead atoms. The summed E-state index contributed by atoms with van der Waals surface area (Å²) < 4.78 is 35.2. The van der Waals surface area contributed by atoms with E-state index in [4.69, 9.17) is 19.2 Å². The molecule has 0 unspecified atom stereocenters. The highest BCUT2D eigenvalue weighted by Crippen LogP contribution is 2.42. The molecule has 6 atom stereocenters. The molecule has 0 spiro atoms. The molecular formula is C54H69FN8O8. The number of fused-ring (bicyclic) bond motifs is 7. The van der Waals surface area contributed by atoms with Crippen molar-refractivity contribution in [2.45, 2.75) is 117 Å². The van der Waals surface area contributed by atoms with E-state index in [-0.39, 0.29) is 56.8 Å². The Morgan fingerprint density at radius 3 is 2.59 bits per heavy atom. The molecule has 4 aromatic rings. The number of benzene rings is 2. The van der Waals surface area contributed by atoms with Gasteiger partial charge in [-0.05, 0) is 103 Å². The van der Waals surface area contributed by atoms with Gasteiger partial charge in [-0.25, -0.2) is 14.6 Å². The van der Waals surface area contributed by atoms with Crippen molar-refractivity contribution in [3.8, 4) is 22.4 Å². The lowest BCUT2D eigenvalue weighted by Crippen LogP contribution is -2.62. The van der Waals surface area contributed by atoms with Gasteiger partial charge in [-0.3, -0.25) is 29.2 Å². The van der Waals surface area contributed by atoms with Gasteiger partial charge in [0, 0.05) is 74.8 Å². The first-order valence-corrected chi connectivity index (χ1v) is 24.9. The molecule has 2 N–H and O–H groups in total. The number of hydrogen-bond donors (Lipinski definition) is 2. The zero-order chi connectivity index (χ0) is 50.9. The van der Waals surface area contributed by atoms with Crippen molar-refractivity contribution in [2.75, 3.05) is 53.6 Å². The van der Waals surface area contributed by atoms with Crippen LogP contribution in [0.2, 0.25) is 0 Å². The zero-order valence-electron chi connectivity index (χ0n) is 42.3. The minimum absolute atomic E-state index is 0.0271. The number of methoxy groups -OCH3 is 1. The fourth-order valence-corrected chi connectivity index (χ4v) is 11.0. The number of aryl methyl sites for hydroxylation is 1. The number of pyridine rings is 1. The summed E-state index contributed by atoms with van der Waals surface area (Å²) in [4.78, 5) is 80.1. The summed E-state index contributed by atoms with van der Waals surface area (Å²) in [7, 11) is 3.23. The number of ether oxygens (including phenoxy) is 3. The number of likely N-dealkylation sites (N-methyl/N-ethyl adjacent to an activating group) is 1. The molecule has 3 fully saturated rings. The number of aromatic nitrogens is 2. The van der Waals surface area contributed by atoms with Gasteiger partial charge in [0.05, 0.1) is 49.4 Å². The molecule has 0 radical (unpaired) electrons.